The highest BCUT2D eigenvalue weighted by molar-refractivity contribution is 6.32. The lowest BCUT2D eigenvalue weighted by Gasteiger charge is -2.28. The highest BCUT2D eigenvalue weighted by Crippen LogP contribution is 2.31. The van der Waals surface area contributed by atoms with Crippen LogP contribution in [0.3, 0.4) is 0 Å². The second-order valence-corrected chi connectivity index (χ2v) is 6.35. The topological polar surface area (TPSA) is 80.0 Å². The molecule has 26 heavy (non-hydrogen) atoms. The van der Waals surface area contributed by atoms with E-state index in [4.69, 9.17) is 11.6 Å². The molecular weight excluding hydrogens is 375 g/mol. The van der Waals surface area contributed by atoms with Gasteiger partial charge >= 0.3 is 6.18 Å². The van der Waals surface area contributed by atoms with Gasteiger partial charge < -0.3 is 15.5 Å². The number of likely N-dealkylation sites (N-methyl/N-ethyl adjacent to an activating group) is 1. The van der Waals surface area contributed by atoms with Gasteiger partial charge in [0.25, 0.3) is 11.7 Å². The summed E-state index contributed by atoms with van der Waals surface area (Å²) in [6, 6.07) is 0.902. The molecule has 4 N–H and O–H groups in total. The van der Waals surface area contributed by atoms with E-state index in [2.05, 4.69) is 15.6 Å². The lowest BCUT2D eigenvalue weighted by Crippen LogP contribution is -3.16. The van der Waals surface area contributed by atoms with Gasteiger partial charge in [0.15, 0.2) is 6.54 Å². The van der Waals surface area contributed by atoms with Crippen LogP contribution in [-0.4, -0.2) is 58.1 Å². The van der Waals surface area contributed by atoms with E-state index in [1.165, 1.54) is 7.05 Å². The van der Waals surface area contributed by atoms with E-state index in [9.17, 15) is 22.8 Å². The number of rotatable bonds is 5. The average molecular weight is 396 g/mol. The van der Waals surface area contributed by atoms with Gasteiger partial charge in [0.2, 0.25) is 5.91 Å². The predicted molar refractivity (Wildman–Crippen MR) is 87.9 cm³/mol. The maximum atomic E-state index is 12.7. The molecule has 7 nitrogen and oxygen atoms in total. The van der Waals surface area contributed by atoms with E-state index in [-0.39, 0.29) is 29.9 Å². The SMILES string of the molecule is CNC(=O)CNC(=O)C[NH+]1CCN(c2[nH+]cc(C(F)(F)F)cc2Cl)CC1. The zero-order chi connectivity index (χ0) is 19.3. The van der Waals surface area contributed by atoms with Crippen LogP contribution in [0.1, 0.15) is 5.56 Å². The number of carbonyl (C=O) groups is 2. The molecule has 144 valence electrons. The van der Waals surface area contributed by atoms with Gasteiger partial charge in [-0.3, -0.25) is 9.59 Å². The molecule has 0 bridgehead atoms. The number of pyridine rings is 1. The summed E-state index contributed by atoms with van der Waals surface area (Å²) in [5.74, 6) is -0.0652. The number of carbonyl (C=O) groups excluding carboxylic acids is 2. The van der Waals surface area contributed by atoms with Gasteiger partial charge in [-0.2, -0.15) is 13.2 Å². The third-order valence-corrected chi connectivity index (χ3v) is 4.41. The summed E-state index contributed by atoms with van der Waals surface area (Å²) in [4.78, 5) is 28.4. The van der Waals surface area contributed by atoms with Crippen molar-refractivity contribution in [1.29, 1.82) is 0 Å². The van der Waals surface area contributed by atoms with E-state index in [1.54, 1.807) is 0 Å². The zero-order valence-electron chi connectivity index (χ0n) is 14.2. The summed E-state index contributed by atoms with van der Waals surface area (Å²) in [5.41, 5.74) is -0.830. The Morgan fingerprint density at radius 2 is 1.96 bits per heavy atom. The van der Waals surface area contributed by atoms with Crippen molar-refractivity contribution < 1.29 is 32.6 Å². The number of hydrogen-bond acceptors (Lipinski definition) is 3. The number of aromatic nitrogens is 1. The van der Waals surface area contributed by atoms with Gasteiger partial charge in [-0.15, -0.1) is 0 Å². The predicted octanol–water partition coefficient (Wildman–Crippen LogP) is -1.26. The first-order valence-corrected chi connectivity index (χ1v) is 8.42. The van der Waals surface area contributed by atoms with E-state index in [0.29, 0.717) is 32.0 Å². The van der Waals surface area contributed by atoms with E-state index in [1.807, 2.05) is 4.90 Å². The van der Waals surface area contributed by atoms with Crippen molar-refractivity contribution in [2.75, 3.05) is 51.2 Å². The lowest BCUT2D eigenvalue weighted by atomic mass is 10.2. The van der Waals surface area contributed by atoms with Crippen LogP contribution in [0.15, 0.2) is 12.3 Å². The summed E-state index contributed by atoms with van der Waals surface area (Å²) in [6.07, 6.45) is -3.56. The minimum atomic E-state index is -4.45. The Kier molecular flexibility index (Phi) is 6.65. The average Bonchev–Trinajstić information content (AvgIpc) is 2.59. The first-order chi connectivity index (χ1) is 12.2. The van der Waals surface area contributed by atoms with Crippen LogP contribution in [0.25, 0.3) is 0 Å². The number of H-pyrrole nitrogens is 1. The monoisotopic (exact) mass is 395 g/mol. The molecule has 1 aliphatic rings. The summed E-state index contributed by atoms with van der Waals surface area (Å²) >= 11 is 5.99. The smallest absolute Gasteiger partial charge is 0.358 e. The number of amides is 2. The molecule has 0 radical (unpaired) electrons. The number of piperazine rings is 1. The fourth-order valence-corrected chi connectivity index (χ4v) is 2.94. The molecular formula is C15H21ClF3N5O2+2. The summed E-state index contributed by atoms with van der Waals surface area (Å²) < 4.78 is 38.1. The van der Waals surface area contributed by atoms with Crippen molar-refractivity contribution >= 4 is 29.2 Å². The molecule has 1 aliphatic heterocycles. The minimum Gasteiger partial charge on any atom is -0.358 e. The van der Waals surface area contributed by atoms with Crippen molar-refractivity contribution in [2.24, 2.45) is 0 Å². The molecule has 0 aliphatic carbocycles. The molecule has 1 aromatic rings. The molecule has 1 aromatic heterocycles. The highest BCUT2D eigenvalue weighted by atomic mass is 35.5. The molecule has 1 saturated heterocycles. The molecule has 2 amide bonds. The lowest BCUT2D eigenvalue weighted by molar-refractivity contribution is -0.892. The minimum absolute atomic E-state index is 0.00611. The number of anilines is 1. The molecule has 0 spiro atoms. The number of hydrogen-bond donors (Lipinski definition) is 3. The maximum Gasteiger partial charge on any atom is 0.419 e. The fraction of sp³-hybridized carbons (Fsp3) is 0.533. The van der Waals surface area contributed by atoms with E-state index >= 15 is 0 Å². The van der Waals surface area contributed by atoms with Crippen LogP contribution in [0.4, 0.5) is 19.0 Å². The van der Waals surface area contributed by atoms with Gasteiger partial charge in [0, 0.05) is 7.05 Å². The van der Waals surface area contributed by atoms with Gasteiger partial charge in [-0.25, -0.2) is 9.88 Å². The maximum absolute atomic E-state index is 12.7. The van der Waals surface area contributed by atoms with Crippen LogP contribution in [-0.2, 0) is 15.8 Å². The van der Waals surface area contributed by atoms with Gasteiger partial charge in [0.1, 0.15) is 37.4 Å². The quantitative estimate of drug-likeness (QED) is 0.582. The van der Waals surface area contributed by atoms with Crippen molar-refractivity contribution in [3.8, 4) is 0 Å². The van der Waals surface area contributed by atoms with Crippen molar-refractivity contribution in [2.45, 2.75) is 6.18 Å². The number of nitrogens with zero attached hydrogens (tertiary/aromatic N) is 1. The molecule has 0 unspecified atom stereocenters. The molecule has 2 rings (SSSR count). The number of aromatic amines is 1. The standard InChI is InChI=1S/C15H19ClF3N5O2/c1-20-12(25)8-21-13(26)9-23-2-4-24(5-3-23)14-11(16)6-10(7-22-14)15(17,18)19/h6-7H,2-5,8-9H2,1H3,(H,20,25)(H,21,26)/p+2. The Morgan fingerprint density at radius 1 is 1.31 bits per heavy atom. The molecule has 1 fully saturated rings. The Bertz CT molecular complexity index is 663. The highest BCUT2D eigenvalue weighted by Gasteiger charge is 2.35. The van der Waals surface area contributed by atoms with E-state index < -0.39 is 11.7 Å². The summed E-state index contributed by atoms with van der Waals surface area (Å²) in [5, 5.41) is 4.95. The summed E-state index contributed by atoms with van der Waals surface area (Å²) in [7, 11) is 1.49. The van der Waals surface area contributed by atoms with Crippen molar-refractivity contribution in [3.63, 3.8) is 0 Å². The van der Waals surface area contributed by atoms with Gasteiger partial charge in [0.05, 0.1) is 12.1 Å². The Balaban J connectivity index is 1.86. The largest absolute Gasteiger partial charge is 0.419 e. The van der Waals surface area contributed by atoms with Gasteiger partial charge in [-0.1, -0.05) is 11.6 Å². The second-order valence-electron chi connectivity index (χ2n) is 5.95. The first-order valence-electron chi connectivity index (χ1n) is 8.05. The van der Waals surface area contributed by atoms with Crippen LogP contribution < -0.4 is 25.4 Å². The number of alkyl halides is 3. The molecule has 0 aromatic carbocycles. The summed E-state index contributed by atoms with van der Waals surface area (Å²) in [6.45, 7) is 2.50. The number of halogens is 4. The van der Waals surface area contributed by atoms with E-state index in [0.717, 1.165) is 17.2 Å². The second kappa shape index (κ2) is 8.54. The Morgan fingerprint density at radius 3 is 2.50 bits per heavy atom. The Labute approximate surface area is 153 Å². The van der Waals surface area contributed by atoms with Gasteiger partial charge in [-0.05, 0) is 6.07 Å². The van der Waals surface area contributed by atoms with Crippen LogP contribution in [0.5, 0.6) is 0 Å². The van der Waals surface area contributed by atoms with Crippen LogP contribution in [0.2, 0.25) is 5.02 Å². The third-order valence-electron chi connectivity index (χ3n) is 4.12. The Hall–Kier alpha value is -2.07. The van der Waals surface area contributed by atoms with Crippen molar-refractivity contribution in [1.82, 2.24) is 10.6 Å². The number of nitrogens with one attached hydrogen (secondary N) is 4. The molecule has 0 saturated carbocycles. The van der Waals surface area contributed by atoms with Crippen LogP contribution >= 0.6 is 11.6 Å². The molecule has 0 atom stereocenters. The fourth-order valence-electron chi connectivity index (χ4n) is 2.65. The first kappa shape index (κ1) is 20.2. The molecule has 11 heteroatoms. The normalized spacial score (nSPS) is 15.7. The zero-order valence-corrected chi connectivity index (χ0v) is 14.9. The molecule has 2 heterocycles. The van der Waals surface area contributed by atoms with Crippen molar-refractivity contribution in [3.05, 3.63) is 22.8 Å². The van der Waals surface area contributed by atoms with Crippen LogP contribution in [0, 0.1) is 0 Å². The number of quaternary nitrogens is 1. The third kappa shape index (κ3) is 5.46.